The minimum Gasteiger partial charge on any atom is -0.486 e. The summed E-state index contributed by atoms with van der Waals surface area (Å²) in [6, 6.07) is 18.8. The number of nitrogens with zero attached hydrogens (tertiary/aromatic N) is 1. The van der Waals surface area contributed by atoms with Crippen LogP contribution in [0.5, 0.6) is 5.75 Å². The van der Waals surface area contributed by atoms with Gasteiger partial charge in [0.2, 0.25) is 0 Å². The van der Waals surface area contributed by atoms with Gasteiger partial charge in [0.15, 0.2) is 5.75 Å². The van der Waals surface area contributed by atoms with Gasteiger partial charge in [-0.2, -0.15) is 0 Å². The SMILES string of the molecule is Cc1ccc(CN2C(=O)N/C(=C/c3cc(Cl)c(OCc4ccc(I)cc4)c(Br)c3)C2=O)cc1. The van der Waals surface area contributed by atoms with Crippen molar-refractivity contribution in [1.82, 2.24) is 10.2 Å². The molecule has 1 N–H and O–H groups in total. The maximum Gasteiger partial charge on any atom is 0.329 e. The van der Waals surface area contributed by atoms with E-state index in [2.05, 4.69) is 43.8 Å². The Morgan fingerprint density at radius 1 is 1.06 bits per heavy atom. The summed E-state index contributed by atoms with van der Waals surface area (Å²) in [6.45, 7) is 2.57. The molecule has 8 heteroatoms. The van der Waals surface area contributed by atoms with E-state index in [1.54, 1.807) is 18.2 Å². The first-order chi connectivity index (χ1) is 15.8. The molecule has 1 fully saturated rings. The molecule has 168 valence electrons. The number of aryl methyl sites for hydroxylation is 1. The molecule has 1 aliphatic rings. The van der Waals surface area contributed by atoms with Crippen molar-refractivity contribution in [1.29, 1.82) is 0 Å². The van der Waals surface area contributed by atoms with Gasteiger partial charge in [0.25, 0.3) is 5.91 Å². The standard InChI is InChI=1S/C25H19BrClIN2O3/c1-15-2-4-16(5-3-15)13-30-24(31)22(29-25(30)32)12-18-10-20(26)23(21(27)11-18)33-14-17-6-8-19(28)9-7-17/h2-12H,13-14H2,1H3,(H,29,32)/b22-12+. The molecular weight excluding hydrogens is 619 g/mol. The van der Waals surface area contributed by atoms with Gasteiger partial charge in [0, 0.05) is 3.57 Å². The Bertz CT molecular complexity index is 1220. The third-order valence-electron chi connectivity index (χ3n) is 5.05. The number of amides is 3. The van der Waals surface area contributed by atoms with Crippen molar-refractivity contribution >= 4 is 68.1 Å². The lowest BCUT2D eigenvalue weighted by Crippen LogP contribution is -2.30. The number of carbonyl (C=O) groups is 2. The Morgan fingerprint density at radius 3 is 2.39 bits per heavy atom. The second-order valence-electron chi connectivity index (χ2n) is 7.59. The maximum absolute atomic E-state index is 12.8. The molecule has 0 aliphatic carbocycles. The highest BCUT2D eigenvalue weighted by Gasteiger charge is 2.33. The predicted octanol–water partition coefficient (Wildman–Crippen LogP) is 6.69. The first-order valence-corrected chi connectivity index (χ1v) is 12.3. The molecule has 0 spiro atoms. The van der Waals surface area contributed by atoms with Crippen LogP contribution in [-0.4, -0.2) is 16.8 Å². The molecule has 0 radical (unpaired) electrons. The van der Waals surface area contributed by atoms with E-state index in [0.717, 1.165) is 20.3 Å². The minimum absolute atomic E-state index is 0.197. The van der Waals surface area contributed by atoms with Gasteiger partial charge in [-0.3, -0.25) is 9.69 Å². The third kappa shape index (κ3) is 5.77. The van der Waals surface area contributed by atoms with Crippen LogP contribution in [0.25, 0.3) is 6.08 Å². The molecule has 33 heavy (non-hydrogen) atoms. The number of hydrogen-bond donors (Lipinski definition) is 1. The average Bonchev–Trinajstić information content (AvgIpc) is 3.03. The van der Waals surface area contributed by atoms with Gasteiger partial charge in [0.05, 0.1) is 16.0 Å². The van der Waals surface area contributed by atoms with Gasteiger partial charge in [-0.1, -0.05) is 53.6 Å². The van der Waals surface area contributed by atoms with E-state index in [1.807, 2.05) is 55.5 Å². The second-order valence-corrected chi connectivity index (χ2v) is 10.1. The first-order valence-electron chi connectivity index (χ1n) is 10.1. The summed E-state index contributed by atoms with van der Waals surface area (Å²) in [6.07, 6.45) is 1.61. The van der Waals surface area contributed by atoms with Crippen molar-refractivity contribution in [2.45, 2.75) is 20.1 Å². The molecule has 0 atom stereocenters. The van der Waals surface area contributed by atoms with E-state index in [1.165, 1.54) is 4.90 Å². The number of benzene rings is 3. The Balaban J connectivity index is 1.49. The van der Waals surface area contributed by atoms with Gasteiger partial charge in [-0.05, 0) is 92.5 Å². The number of hydrogen-bond acceptors (Lipinski definition) is 3. The van der Waals surface area contributed by atoms with Crippen LogP contribution in [0.4, 0.5) is 4.79 Å². The zero-order valence-electron chi connectivity index (χ0n) is 17.6. The lowest BCUT2D eigenvalue weighted by atomic mass is 10.1. The molecule has 4 rings (SSSR count). The molecule has 0 aromatic heterocycles. The zero-order chi connectivity index (χ0) is 23.5. The molecule has 1 saturated heterocycles. The maximum atomic E-state index is 12.8. The Hall–Kier alpha value is -2.36. The summed E-state index contributed by atoms with van der Waals surface area (Å²) in [7, 11) is 0. The van der Waals surface area contributed by atoms with Crippen LogP contribution >= 0.6 is 50.1 Å². The van der Waals surface area contributed by atoms with Gasteiger partial charge in [-0.15, -0.1) is 0 Å². The predicted molar refractivity (Wildman–Crippen MR) is 141 cm³/mol. The quantitative estimate of drug-likeness (QED) is 0.186. The highest BCUT2D eigenvalue weighted by molar-refractivity contribution is 14.1. The number of ether oxygens (including phenoxy) is 1. The number of rotatable bonds is 6. The van der Waals surface area contributed by atoms with E-state index >= 15 is 0 Å². The van der Waals surface area contributed by atoms with Crippen molar-refractivity contribution in [3.8, 4) is 5.75 Å². The highest BCUT2D eigenvalue weighted by atomic mass is 127. The fourth-order valence-electron chi connectivity index (χ4n) is 3.29. The van der Waals surface area contributed by atoms with Crippen molar-refractivity contribution in [2.75, 3.05) is 0 Å². The zero-order valence-corrected chi connectivity index (χ0v) is 22.1. The van der Waals surface area contributed by atoms with Gasteiger partial charge in [0.1, 0.15) is 12.3 Å². The molecule has 3 aromatic carbocycles. The Kier molecular flexibility index (Phi) is 7.41. The van der Waals surface area contributed by atoms with Crippen LogP contribution < -0.4 is 10.1 Å². The smallest absolute Gasteiger partial charge is 0.329 e. The number of halogens is 3. The van der Waals surface area contributed by atoms with Crippen LogP contribution in [0.3, 0.4) is 0 Å². The number of nitrogens with one attached hydrogen (secondary N) is 1. The van der Waals surface area contributed by atoms with Crippen LogP contribution in [-0.2, 0) is 17.9 Å². The van der Waals surface area contributed by atoms with Gasteiger partial charge >= 0.3 is 6.03 Å². The normalized spacial score (nSPS) is 14.7. The fourth-order valence-corrected chi connectivity index (χ4v) is 4.64. The molecular formula is C25H19BrClIN2O3. The summed E-state index contributed by atoms with van der Waals surface area (Å²) in [5.41, 5.74) is 3.88. The van der Waals surface area contributed by atoms with E-state index in [9.17, 15) is 9.59 Å². The molecule has 1 aliphatic heterocycles. The molecule has 3 amide bonds. The van der Waals surface area contributed by atoms with Gasteiger partial charge in [-0.25, -0.2) is 4.79 Å². The number of imide groups is 1. The number of urea groups is 1. The fraction of sp³-hybridized carbons (Fsp3) is 0.120. The van der Waals surface area contributed by atoms with Crippen molar-refractivity contribution < 1.29 is 14.3 Å². The minimum atomic E-state index is -0.450. The number of carbonyl (C=O) groups excluding carboxylic acids is 2. The summed E-state index contributed by atoms with van der Waals surface area (Å²) in [4.78, 5) is 26.4. The molecule has 0 bridgehead atoms. The molecule has 3 aromatic rings. The molecule has 1 heterocycles. The van der Waals surface area contributed by atoms with E-state index in [4.69, 9.17) is 16.3 Å². The van der Waals surface area contributed by atoms with Crippen LogP contribution in [0.2, 0.25) is 5.02 Å². The van der Waals surface area contributed by atoms with Crippen molar-refractivity contribution in [2.24, 2.45) is 0 Å². The summed E-state index contributed by atoms with van der Waals surface area (Å²) in [5.74, 6) is 0.131. The first kappa shape index (κ1) is 23.8. The Morgan fingerprint density at radius 2 is 1.73 bits per heavy atom. The second kappa shape index (κ2) is 10.3. The largest absolute Gasteiger partial charge is 0.486 e. The summed E-state index contributed by atoms with van der Waals surface area (Å²) >= 11 is 12.2. The van der Waals surface area contributed by atoms with Crippen LogP contribution in [0.15, 0.2) is 70.8 Å². The average molecular weight is 638 g/mol. The lowest BCUT2D eigenvalue weighted by molar-refractivity contribution is -0.123. The van der Waals surface area contributed by atoms with Gasteiger partial charge < -0.3 is 10.1 Å². The van der Waals surface area contributed by atoms with E-state index < -0.39 is 6.03 Å². The lowest BCUT2D eigenvalue weighted by Gasteiger charge is -2.12. The summed E-state index contributed by atoms with van der Waals surface area (Å²) < 4.78 is 7.71. The topological polar surface area (TPSA) is 58.6 Å². The Labute approximate surface area is 219 Å². The van der Waals surface area contributed by atoms with E-state index in [-0.39, 0.29) is 18.1 Å². The van der Waals surface area contributed by atoms with Crippen LogP contribution in [0, 0.1) is 10.5 Å². The molecule has 5 nitrogen and oxygen atoms in total. The van der Waals surface area contributed by atoms with Crippen molar-refractivity contribution in [3.63, 3.8) is 0 Å². The van der Waals surface area contributed by atoms with Crippen molar-refractivity contribution in [3.05, 3.63) is 102 Å². The highest BCUT2D eigenvalue weighted by Crippen LogP contribution is 2.36. The van der Waals surface area contributed by atoms with Crippen LogP contribution in [0.1, 0.15) is 22.3 Å². The molecule has 0 saturated carbocycles. The van der Waals surface area contributed by atoms with E-state index in [0.29, 0.717) is 27.4 Å². The molecule has 0 unspecified atom stereocenters. The monoisotopic (exact) mass is 636 g/mol. The third-order valence-corrected chi connectivity index (χ3v) is 6.64. The summed E-state index contributed by atoms with van der Waals surface area (Å²) in [5, 5.41) is 3.05.